The van der Waals surface area contributed by atoms with Gasteiger partial charge in [-0.25, -0.2) is 4.79 Å². The minimum absolute atomic E-state index is 0.351. The standard InChI is InChI=1S/C17H19N3O3/c1-3-4-5-9-23-16-14(10-13(11-18)17(21)22)20-8-6-7-12(2)15(20)19-16/h6-8,10H,3-5,9H2,1-2H3,(H,21,22). The summed E-state index contributed by atoms with van der Waals surface area (Å²) in [5.74, 6) is -0.920. The minimum Gasteiger partial charge on any atom is -0.477 e. The number of aromatic nitrogens is 2. The summed E-state index contributed by atoms with van der Waals surface area (Å²) >= 11 is 0. The van der Waals surface area contributed by atoms with Crippen molar-refractivity contribution in [1.29, 1.82) is 5.26 Å². The van der Waals surface area contributed by atoms with Crippen LogP contribution in [0.4, 0.5) is 0 Å². The van der Waals surface area contributed by atoms with Crippen LogP contribution in [0.3, 0.4) is 0 Å². The molecule has 0 atom stereocenters. The Morgan fingerprint density at radius 2 is 2.30 bits per heavy atom. The molecule has 0 aliphatic carbocycles. The molecule has 0 saturated heterocycles. The van der Waals surface area contributed by atoms with E-state index in [2.05, 4.69) is 11.9 Å². The Hall–Kier alpha value is -2.81. The van der Waals surface area contributed by atoms with Crippen LogP contribution < -0.4 is 4.74 Å². The first-order valence-corrected chi connectivity index (χ1v) is 7.54. The lowest BCUT2D eigenvalue weighted by Gasteiger charge is -2.04. The quantitative estimate of drug-likeness (QED) is 0.482. The fourth-order valence-electron chi connectivity index (χ4n) is 2.24. The van der Waals surface area contributed by atoms with E-state index in [9.17, 15) is 4.79 Å². The van der Waals surface area contributed by atoms with Gasteiger partial charge in [0, 0.05) is 6.20 Å². The van der Waals surface area contributed by atoms with Crippen LogP contribution in [0, 0.1) is 18.3 Å². The van der Waals surface area contributed by atoms with E-state index in [4.69, 9.17) is 15.1 Å². The molecule has 0 saturated carbocycles. The zero-order chi connectivity index (χ0) is 16.8. The Labute approximate surface area is 134 Å². The molecule has 0 aliphatic rings. The maximum absolute atomic E-state index is 11.1. The number of rotatable bonds is 7. The van der Waals surface area contributed by atoms with Crippen molar-refractivity contribution in [2.75, 3.05) is 6.61 Å². The second-order valence-corrected chi connectivity index (χ2v) is 5.22. The number of carboxylic acids is 1. The third kappa shape index (κ3) is 3.69. The maximum atomic E-state index is 11.1. The van der Waals surface area contributed by atoms with E-state index >= 15 is 0 Å². The Morgan fingerprint density at radius 3 is 2.96 bits per heavy atom. The van der Waals surface area contributed by atoms with Crippen LogP contribution in [0.25, 0.3) is 11.7 Å². The van der Waals surface area contributed by atoms with Gasteiger partial charge in [0.2, 0.25) is 5.88 Å². The molecule has 0 spiro atoms. The second kappa shape index (κ2) is 7.45. The lowest BCUT2D eigenvalue weighted by molar-refractivity contribution is -0.132. The number of fused-ring (bicyclic) bond motifs is 1. The number of imidazole rings is 1. The van der Waals surface area contributed by atoms with E-state index in [-0.39, 0.29) is 5.57 Å². The molecule has 0 fully saturated rings. The summed E-state index contributed by atoms with van der Waals surface area (Å²) in [6, 6.07) is 5.45. The molecule has 2 aromatic rings. The summed E-state index contributed by atoms with van der Waals surface area (Å²) in [5, 5.41) is 18.1. The van der Waals surface area contributed by atoms with Crippen LogP contribution in [0.15, 0.2) is 23.9 Å². The summed E-state index contributed by atoms with van der Waals surface area (Å²) in [4.78, 5) is 15.6. The molecule has 6 heteroatoms. The normalized spacial score (nSPS) is 11.4. The van der Waals surface area contributed by atoms with Gasteiger partial charge in [0.15, 0.2) is 0 Å². The van der Waals surface area contributed by atoms with Crippen molar-refractivity contribution in [3.8, 4) is 11.9 Å². The van der Waals surface area contributed by atoms with Crippen LogP contribution in [0.5, 0.6) is 5.88 Å². The van der Waals surface area contributed by atoms with Crippen LogP contribution in [-0.4, -0.2) is 27.1 Å². The summed E-state index contributed by atoms with van der Waals surface area (Å²) < 4.78 is 7.47. The summed E-state index contributed by atoms with van der Waals surface area (Å²) in [7, 11) is 0. The van der Waals surface area contributed by atoms with Gasteiger partial charge >= 0.3 is 5.97 Å². The highest BCUT2D eigenvalue weighted by Gasteiger charge is 2.16. The topological polar surface area (TPSA) is 87.6 Å². The highest BCUT2D eigenvalue weighted by molar-refractivity contribution is 5.96. The lowest BCUT2D eigenvalue weighted by Crippen LogP contribution is -2.01. The predicted octanol–water partition coefficient (Wildman–Crippen LogP) is 3.20. The summed E-state index contributed by atoms with van der Waals surface area (Å²) in [5.41, 5.74) is 1.75. The number of aliphatic carboxylic acids is 1. The number of hydrogen-bond donors (Lipinski definition) is 1. The van der Waals surface area contributed by atoms with E-state index in [1.54, 1.807) is 16.7 Å². The third-order valence-corrected chi connectivity index (χ3v) is 3.47. The number of nitrogens with zero attached hydrogens (tertiary/aromatic N) is 3. The monoisotopic (exact) mass is 313 g/mol. The number of unbranched alkanes of at least 4 members (excludes halogenated alkanes) is 2. The predicted molar refractivity (Wildman–Crippen MR) is 86.2 cm³/mol. The van der Waals surface area contributed by atoms with Crippen molar-refractivity contribution in [3.05, 3.63) is 35.2 Å². The van der Waals surface area contributed by atoms with Gasteiger partial charge in [0.1, 0.15) is 23.0 Å². The molecule has 2 aromatic heterocycles. The molecule has 0 aliphatic heterocycles. The molecule has 2 heterocycles. The van der Waals surface area contributed by atoms with Gasteiger partial charge in [-0.1, -0.05) is 25.8 Å². The van der Waals surface area contributed by atoms with E-state index in [1.165, 1.54) is 6.08 Å². The molecule has 0 amide bonds. The van der Waals surface area contributed by atoms with Gasteiger partial charge in [0.05, 0.1) is 6.61 Å². The average Bonchev–Trinajstić information content (AvgIpc) is 2.88. The van der Waals surface area contributed by atoms with Crippen LogP contribution in [0.1, 0.15) is 37.4 Å². The first kappa shape index (κ1) is 16.6. The average molecular weight is 313 g/mol. The van der Waals surface area contributed by atoms with Crippen molar-refractivity contribution in [1.82, 2.24) is 9.38 Å². The SMILES string of the molecule is CCCCCOc1nc2c(C)cccn2c1C=C(C#N)C(=O)O. The van der Waals surface area contributed by atoms with Gasteiger partial charge < -0.3 is 9.84 Å². The van der Waals surface area contributed by atoms with Crippen LogP contribution in [0.2, 0.25) is 0 Å². The van der Waals surface area contributed by atoms with Crippen LogP contribution >= 0.6 is 0 Å². The van der Waals surface area contributed by atoms with Crippen molar-refractivity contribution in [2.45, 2.75) is 33.1 Å². The van der Waals surface area contributed by atoms with Crippen molar-refractivity contribution < 1.29 is 14.6 Å². The Bertz CT molecular complexity index is 784. The third-order valence-electron chi connectivity index (χ3n) is 3.47. The van der Waals surface area contributed by atoms with Crippen LogP contribution in [-0.2, 0) is 4.79 Å². The largest absolute Gasteiger partial charge is 0.477 e. The molecule has 0 aromatic carbocycles. The highest BCUT2D eigenvalue weighted by atomic mass is 16.5. The molecule has 0 bridgehead atoms. The minimum atomic E-state index is -1.27. The molecule has 6 nitrogen and oxygen atoms in total. The van der Waals surface area contributed by atoms with Crippen molar-refractivity contribution >= 4 is 17.7 Å². The molecule has 23 heavy (non-hydrogen) atoms. The first-order chi connectivity index (χ1) is 11.1. The molecular weight excluding hydrogens is 294 g/mol. The van der Waals surface area contributed by atoms with Gasteiger partial charge in [-0.05, 0) is 31.1 Å². The number of ether oxygens (including phenoxy) is 1. The molecule has 0 radical (unpaired) electrons. The summed E-state index contributed by atoms with van der Waals surface area (Å²) in [6.45, 7) is 4.53. The fraction of sp³-hybridized carbons (Fsp3) is 0.353. The van der Waals surface area contributed by atoms with Crippen molar-refractivity contribution in [2.24, 2.45) is 0 Å². The molecule has 1 N–H and O–H groups in total. The number of carboxylic acid groups (broad SMARTS) is 1. The highest BCUT2D eigenvalue weighted by Crippen LogP contribution is 2.25. The van der Waals surface area contributed by atoms with E-state index in [0.29, 0.717) is 23.8 Å². The van der Waals surface area contributed by atoms with E-state index < -0.39 is 5.97 Å². The Balaban J connectivity index is 2.48. The maximum Gasteiger partial charge on any atom is 0.346 e. The second-order valence-electron chi connectivity index (χ2n) is 5.22. The van der Waals surface area contributed by atoms with E-state index in [1.807, 2.05) is 19.1 Å². The van der Waals surface area contributed by atoms with Gasteiger partial charge in [-0.2, -0.15) is 10.2 Å². The Kier molecular flexibility index (Phi) is 5.36. The van der Waals surface area contributed by atoms with Gasteiger partial charge in [0.25, 0.3) is 0 Å². The molecule has 2 rings (SSSR count). The zero-order valence-electron chi connectivity index (χ0n) is 13.2. The molecular formula is C17H19N3O3. The van der Waals surface area contributed by atoms with Crippen molar-refractivity contribution in [3.63, 3.8) is 0 Å². The smallest absolute Gasteiger partial charge is 0.346 e. The number of aryl methyl sites for hydroxylation is 1. The van der Waals surface area contributed by atoms with E-state index in [0.717, 1.165) is 24.8 Å². The van der Waals surface area contributed by atoms with Gasteiger partial charge in [-0.3, -0.25) is 4.40 Å². The number of nitriles is 1. The summed E-state index contributed by atoms with van der Waals surface area (Å²) in [6.07, 6.45) is 6.11. The Morgan fingerprint density at radius 1 is 1.52 bits per heavy atom. The van der Waals surface area contributed by atoms with Gasteiger partial charge in [-0.15, -0.1) is 0 Å². The molecule has 120 valence electrons. The molecule has 0 unspecified atom stereocenters. The lowest BCUT2D eigenvalue weighted by atomic mass is 10.2. The fourth-order valence-corrected chi connectivity index (χ4v) is 2.24. The zero-order valence-corrected chi connectivity index (χ0v) is 13.2. The number of pyridine rings is 1. The number of carbonyl (C=O) groups is 1. The number of hydrogen-bond acceptors (Lipinski definition) is 4. The first-order valence-electron chi connectivity index (χ1n) is 7.54.